The summed E-state index contributed by atoms with van der Waals surface area (Å²) in [5.41, 5.74) is 5.48. The van der Waals surface area contributed by atoms with Crippen LogP contribution in [0.4, 0.5) is 0 Å². The Hall–Kier alpha value is -3.24. The molecular weight excluding hydrogens is 581 g/mol. The molecule has 0 radical (unpaired) electrons. The zero-order valence-electron chi connectivity index (χ0n) is 20.6. The zero-order valence-corrected chi connectivity index (χ0v) is 22.7. The molecule has 0 bridgehead atoms. The molecule has 2 aliphatic heterocycles. The fourth-order valence-corrected chi connectivity index (χ4v) is 5.59. The molecule has 7 nitrogen and oxygen atoms in total. The molecule has 0 saturated carbocycles. The molecule has 1 aromatic heterocycles. The minimum Gasteiger partial charge on any atom is -0.454 e. The fourth-order valence-electron chi connectivity index (χ4n) is 4.82. The van der Waals surface area contributed by atoms with E-state index in [1.54, 1.807) is 0 Å². The highest BCUT2D eigenvalue weighted by molar-refractivity contribution is 14.1. The maximum Gasteiger partial charge on any atom is 0.231 e. The molecule has 0 amide bonds. The molecule has 0 aliphatic carbocycles. The molecule has 37 heavy (non-hydrogen) atoms. The summed E-state index contributed by atoms with van der Waals surface area (Å²) in [6.07, 6.45) is 2.22. The quantitative estimate of drug-likeness (QED) is 0.225. The third-order valence-electron chi connectivity index (χ3n) is 6.74. The van der Waals surface area contributed by atoms with Crippen molar-refractivity contribution in [3.8, 4) is 34.3 Å². The largest absolute Gasteiger partial charge is 0.454 e. The summed E-state index contributed by atoms with van der Waals surface area (Å²) in [5.74, 6) is 3.06. The number of hydrogen-bond acceptors (Lipinski definition) is 6. The van der Waals surface area contributed by atoms with Gasteiger partial charge in [0, 0.05) is 18.7 Å². The van der Waals surface area contributed by atoms with Crippen LogP contribution in [-0.4, -0.2) is 23.1 Å². The van der Waals surface area contributed by atoms with Crippen LogP contribution in [0.1, 0.15) is 42.6 Å². The van der Waals surface area contributed by atoms with Crippen LogP contribution in [0.25, 0.3) is 11.3 Å². The summed E-state index contributed by atoms with van der Waals surface area (Å²) in [7, 11) is 0. The first-order valence-electron chi connectivity index (χ1n) is 12.5. The molecule has 0 unspecified atom stereocenters. The Bertz CT molecular complexity index is 1350. The van der Waals surface area contributed by atoms with E-state index in [1.807, 2.05) is 18.2 Å². The van der Waals surface area contributed by atoms with Gasteiger partial charge in [0.05, 0.1) is 17.4 Å². The number of imidazole rings is 1. The predicted octanol–water partition coefficient (Wildman–Crippen LogP) is 6.29. The average Bonchev–Trinajstić information content (AvgIpc) is 3.66. The van der Waals surface area contributed by atoms with Gasteiger partial charge in [-0.2, -0.15) is 0 Å². The Balaban J connectivity index is 1.38. The molecule has 0 atom stereocenters. The standard InChI is InChI=1S/C29H28IN3O4/c1-2-3-13-33-22(28(32-29(33)30)19-7-5-4-6-8-19)16-31-27(20-9-11-23-25(14-20)36-17-34-23)21-10-12-24-26(15-21)37-18-35-24/h4-12,14-15,27,31H,2-3,13,16-18H2,1H3. The van der Waals surface area contributed by atoms with Crippen molar-refractivity contribution < 1.29 is 18.9 Å². The number of ether oxygens (including phenoxy) is 4. The molecule has 3 aromatic carbocycles. The van der Waals surface area contributed by atoms with Gasteiger partial charge in [-0.3, -0.25) is 0 Å². The lowest BCUT2D eigenvalue weighted by molar-refractivity contribution is 0.173. The van der Waals surface area contributed by atoms with E-state index in [0.29, 0.717) is 6.54 Å². The van der Waals surface area contributed by atoms with Crippen LogP contribution < -0.4 is 24.3 Å². The van der Waals surface area contributed by atoms with Crippen molar-refractivity contribution in [3.05, 3.63) is 87.4 Å². The average molecular weight is 609 g/mol. The fraction of sp³-hybridized carbons (Fsp3) is 0.276. The Morgan fingerprint density at radius 3 is 2.11 bits per heavy atom. The Morgan fingerprint density at radius 2 is 1.49 bits per heavy atom. The van der Waals surface area contributed by atoms with E-state index in [9.17, 15) is 0 Å². The summed E-state index contributed by atoms with van der Waals surface area (Å²) < 4.78 is 25.9. The SMILES string of the molecule is CCCCn1c(I)nc(-c2ccccc2)c1CNC(c1ccc2c(c1)OCO2)c1ccc2c(c1)OCO2. The minimum atomic E-state index is -0.111. The van der Waals surface area contributed by atoms with Crippen LogP contribution in [0.15, 0.2) is 66.7 Å². The van der Waals surface area contributed by atoms with E-state index in [-0.39, 0.29) is 19.6 Å². The Morgan fingerprint density at radius 1 is 0.865 bits per heavy atom. The molecule has 0 saturated heterocycles. The summed E-state index contributed by atoms with van der Waals surface area (Å²) in [6.45, 7) is 4.28. The first-order chi connectivity index (χ1) is 18.2. The highest BCUT2D eigenvalue weighted by Gasteiger charge is 2.24. The second kappa shape index (κ2) is 10.6. The van der Waals surface area contributed by atoms with Crippen molar-refractivity contribution in [2.24, 2.45) is 0 Å². The van der Waals surface area contributed by atoms with E-state index in [0.717, 1.165) is 68.6 Å². The second-order valence-corrected chi connectivity index (χ2v) is 10.1. The van der Waals surface area contributed by atoms with Crippen molar-refractivity contribution in [1.82, 2.24) is 14.9 Å². The van der Waals surface area contributed by atoms with Crippen molar-refractivity contribution in [3.63, 3.8) is 0 Å². The van der Waals surface area contributed by atoms with E-state index < -0.39 is 0 Å². The molecule has 190 valence electrons. The first-order valence-corrected chi connectivity index (χ1v) is 13.6. The zero-order chi connectivity index (χ0) is 25.2. The number of halogens is 1. The summed E-state index contributed by atoms with van der Waals surface area (Å²) >= 11 is 2.36. The molecule has 8 heteroatoms. The third kappa shape index (κ3) is 4.87. The lowest BCUT2D eigenvalue weighted by Crippen LogP contribution is -2.24. The lowest BCUT2D eigenvalue weighted by Gasteiger charge is -2.22. The Kier molecular flexibility index (Phi) is 6.93. The van der Waals surface area contributed by atoms with Crippen LogP contribution in [0.5, 0.6) is 23.0 Å². The minimum absolute atomic E-state index is 0.111. The maximum absolute atomic E-state index is 5.70. The number of benzene rings is 3. The molecular formula is C29H28IN3O4. The van der Waals surface area contributed by atoms with Gasteiger partial charge in [0.2, 0.25) is 13.6 Å². The molecule has 0 fully saturated rings. The monoisotopic (exact) mass is 609 g/mol. The number of unbranched alkanes of at least 4 members (excludes halogenated alkanes) is 1. The van der Waals surface area contributed by atoms with Crippen molar-refractivity contribution in [1.29, 1.82) is 0 Å². The second-order valence-electron chi connectivity index (χ2n) is 9.09. The van der Waals surface area contributed by atoms with Crippen LogP contribution in [-0.2, 0) is 13.1 Å². The van der Waals surface area contributed by atoms with Crippen LogP contribution in [0.3, 0.4) is 0 Å². The van der Waals surface area contributed by atoms with E-state index >= 15 is 0 Å². The summed E-state index contributed by atoms with van der Waals surface area (Å²) in [4.78, 5) is 4.99. The first kappa shape index (κ1) is 24.1. The van der Waals surface area contributed by atoms with Crippen molar-refractivity contribution in [2.75, 3.05) is 13.6 Å². The Labute approximate surface area is 229 Å². The van der Waals surface area contributed by atoms with Crippen LogP contribution in [0, 0.1) is 3.83 Å². The van der Waals surface area contributed by atoms with Crippen LogP contribution >= 0.6 is 22.6 Å². The van der Waals surface area contributed by atoms with E-state index in [1.165, 1.54) is 5.69 Å². The van der Waals surface area contributed by atoms with E-state index in [4.69, 9.17) is 23.9 Å². The summed E-state index contributed by atoms with van der Waals surface area (Å²) in [6, 6.07) is 22.5. The molecule has 3 heterocycles. The van der Waals surface area contributed by atoms with Gasteiger partial charge in [-0.15, -0.1) is 0 Å². The molecule has 4 aromatic rings. The summed E-state index contributed by atoms with van der Waals surface area (Å²) in [5, 5.41) is 3.83. The van der Waals surface area contributed by atoms with E-state index in [2.05, 4.69) is 87.9 Å². The van der Waals surface area contributed by atoms with Crippen LogP contribution in [0.2, 0.25) is 0 Å². The number of fused-ring (bicyclic) bond motifs is 2. The van der Waals surface area contributed by atoms with Gasteiger partial charge >= 0.3 is 0 Å². The van der Waals surface area contributed by atoms with Gasteiger partial charge in [0.25, 0.3) is 0 Å². The predicted molar refractivity (Wildman–Crippen MR) is 149 cm³/mol. The number of nitrogens with one attached hydrogen (secondary N) is 1. The normalized spacial score (nSPS) is 13.5. The lowest BCUT2D eigenvalue weighted by atomic mass is 9.97. The van der Waals surface area contributed by atoms with Crippen molar-refractivity contribution >= 4 is 22.6 Å². The number of hydrogen-bond donors (Lipinski definition) is 1. The highest BCUT2D eigenvalue weighted by Crippen LogP contribution is 2.39. The smallest absolute Gasteiger partial charge is 0.231 e. The van der Waals surface area contributed by atoms with Gasteiger partial charge in [-0.05, 0) is 64.4 Å². The topological polar surface area (TPSA) is 66.8 Å². The van der Waals surface area contributed by atoms with Gasteiger partial charge in [-0.25, -0.2) is 4.98 Å². The molecule has 0 spiro atoms. The molecule has 6 rings (SSSR count). The number of aromatic nitrogens is 2. The van der Waals surface area contributed by atoms with Gasteiger partial charge in [0.15, 0.2) is 26.8 Å². The number of nitrogens with zero attached hydrogens (tertiary/aromatic N) is 2. The highest BCUT2D eigenvalue weighted by atomic mass is 127. The molecule has 1 N–H and O–H groups in total. The third-order valence-corrected chi connectivity index (χ3v) is 7.57. The van der Waals surface area contributed by atoms with Gasteiger partial charge < -0.3 is 28.8 Å². The maximum atomic E-state index is 5.70. The molecule has 2 aliphatic rings. The number of rotatable bonds is 9. The van der Waals surface area contributed by atoms with Gasteiger partial charge in [-0.1, -0.05) is 55.8 Å². The van der Waals surface area contributed by atoms with Crippen molar-refractivity contribution in [2.45, 2.75) is 38.9 Å². The van der Waals surface area contributed by atoms with Gasteiger partial charge in [0.1, 0.15) is 0 Å².